The van der Waals surface area contributed by atoms with Crippen molar-refractivity contribution < 1.29 is 9.66 Å². The molecule has 0 bridgehead atoms. The van der Waals surface area contributed by atoms with Crippen LogP contribution in [0.25, 0.3) is 6.08 Å². The zero-order valence-corrected chi connectivity index (χ0v) is 9.61. The smallest absolute Gasteiger partial charge is 0.273 e. The minimum Gasteiger partial charge on any atom is -0.496 e. The molecule has 1 aromatic rings. The number of methoxy groups -OCH3 is 1. The Morgan fingerprint density at radius 3 is 2.88 bits per heavy atom. The molecule has 86 valence electrons. The predicted octanol–water partition coefficient (Wildman–Crippen LogP) is 3.25. The molecule has 0 saturated carbocycles. The molecule has 4 nitrogen and oxygen atoms in total. The van der Waals surface area contributed by atoms with E-state index in [4.69, 9.17) is 16.3 Å². The molecule has 0 aromatic heterocycles. The fourth-order valence-electron chi connectivity index (χ4n) is 1.22. The second-order valence-electron chi connectivity index (χ2n) is 3.06. The first-order chi connectivity index (χ1) is 7.69. The molecule has 0 heterocycles. The van der Waals surface area contributed by atoms with Gasteiger partial charge >= 0.3 is 0 Å². The molecule has 5 heteroatoms. The highest BCUT2D eigenvalue weighted by Crippen LogP contribution is 2.25. The number of ether oxygens (including phenoxy) is 1. The fraction of sp³-hybridized carbons (Fsp3) is 0.273. The maximum Gasteiger partial charge on any atom is 0.273 e. The molecular weight excluding hydrogens is 230 g/mol. The lowest BCUT2D eigenvalue weighted by Gasteiger charge is -2.03. The van der Waals surface area contributed by atoms with Crippen molar-refractivity contribution in [3.8, 4) is 5.75 Å². The Bertz CT molecular complexity index is 404. The molecule has 0 aliphatic rings. The molecule has 0 saturated heterocycles. The number of non-ortho nitro benzene ring substituents is 1. The molecule has 0 atom stereocenters. The maximum atomic E-state index is 10.6. The molecule has 0 amide bonds. The average molecular weight is 242 g/mol. The third-order valence-corrected chi connectivity index (χ3v) is 2.22. The summed E-state index contributed by atoms with van der Waals surface area (Å²) in [6, 6.07) is 4.50. The Hall–Kier alpha value is -1.55. The van der Waals surface area contributed by atoms with E-state index in [2.05, 4.69) is 0 Å². The van der Waals surface area contributed by atoms with Crippen LogP contribution in [-0.2, 0) is 0 Å². The van der Waals surface area contributed by atoms with Gasteiger partial charge in [-0.25, -0.2) is 0 Å². The Kier molecular flexibility index (Phi) is 4.79. The Morgan fingerprint density at radius 2 is 2.31 bits per heavy atom. The van der Waals surface area contributed by atoms with Crippen LogP contribution in [0.1, 0.15) is 12.0 Å². The van der Waals surface area contributed by atoms with Crippen molar-refractivity contribution in [3.63, 3.8) is 0 Å². The predicted molar refractivity (Wildman–Crippen MR) is 64.0 cm³/mol. The van der Waals surface area contributed by atoms with E-state index in [9.17, 15) is 10.1 Å². The normalized spacial score (nSPS) is 10.6. The minimum absolute atomic E-state index is 0.0198. The second kappa shape index (κ2) is 6.12. The quantitative estimate of drug-likeness (QED) is 0.452. The first-order valence-electron chi connectivity index (χ1n) is 4.74. The van der Waals surface area contributed by atoms with Crippen LogP contribution in [-0.4, -0.2) is 17.9 Å². The largest absolute Gasteiger partial charge is 0.496 e. The zero-order valence-electron chi connectivity index (χ0n) is 8.85. The molecule has 16 heavy (non-hydrogen) atoms. The number of nitro groups is 1. The van der Waals surface area contributed by atoms with Gasteiger partial charge in [0.05, 0.1) is 18.1 Å². The number of alkyl halides is 1. The van der Waals surface area contributed by atoms with Crippen LogP contribution in [0.15, 0.2) is 24.3 Å². The van der Waals surface area contributed by atoms with E-state index in [0.717, 1.165) is 12.0 Å². The fourth-order valence-corrected chi connectivity index (χ4v) is 1.35. The van der Waals surface area contributed by atoms with Crippen molar-refractivity contribution in [1.82, 2.24) is 0 Å². The lowest BCUT2D eigenvalue weighted by Crippen LogP contribution is -1.91. The molecular formula is C11H12ClNO3. The molecule has 0 unspecified atom stereocenters. The number of halogens is 1. The number of nitrogens with zero attached hydrogens (tertiary/aromatic N) is 1. The van der Waals surface area contributed by atoms with Gasteiger partial charge in [-0.05, 0) is 12.5 Å². The number of benzene rings is 1. The highest BCUT2D eigenvalue weighted by Gasteiger charge is 2.09. The average Bonchev–Trinajstić information content (AvgIpc) is 2.29. The van der Waals surface area contributed by atoms with Crippen LogP contribution in [0.4, 0.5) is 5.69 Å². The zero-order chi connectivity index (χ0) is 12.0. The molecule has 0 aliphatic carbocycles. The number of hydrogen-bond donors (Lipinski definition) is 0. The van der Waals surface area contributed by atoms with Crippen molar-refractivity contribution >= 4 is 23.4 Å². The third kappa shape index (κ3) is 3.24. The van der Waals surface area contributed by atoms with Crippen molar-refractivity contribution in [1.29, 1.82) is 0 Å². The van der Waals surface area contributed by atoms with Gasteiger partial charge in [0.25, 0.3) is 5.69 Å². The highest BCUT2D eigenvalue weighted by molar-refractivity contribution is 6.17. The summed E-state index contributed by atoms with van der Waals surface area (Å²) in [5, 5.41) is 10.6. The van der Waals surface area contributed by atoms with Crippen LogP contribution in [0.2, 0.25) is 0 Å². The summed E-state index contributed by atoms with van der Waals surface area (Å²) in [5.41, 5.74) is 0.824. The number of nitro benzene ring substituents is 1. The summed E-state index contributed by atoms with van der Waals surface area (Å²) in [6.45, 7) is 0. The standard InChI is InChI=1S/C11H12ClNO3/c1-16-11-8-10(13(14)15)6-5-9(11)4-2-3-7-12/h2,4-6,8H,3,7H2,1H3. The summed E-state index contributed by atoms with van der Waals surface area (Å²) < 4.78 is 5.08. The third-order valence-electron chi connectivity index (χ3n) is 2.00. The van der Waals surface area contributed by atoms with Crippen LogP contribution in [0.5, 0.6) is 5.75 Å². The maximum absolute atomic E-state index is 10.6. The lowest BCUT2D eigenvalue weighted by atomic mass is 10.1. The first kappa shape index (κ1) is 12.5. The number of rotatable bonds is 5. The Labute approximate surface area is 98.6 Å². The van der Waals surface area contributed by atoms with Gasteiger partial charge in [-0.15, -0.1) is 11.6 Å². The summed E-state index contributed by atoms with van der Waals surface area (Å²) in [6.07, 6.45) is 4.49. The number of allylic oxidation sites excluding steroid dienone is 1. The Morgan fingerprint density at radius 1 is 1.56 bits per heavy atom. The van der Waals surface area contributed by atoms with Crippen molar-refractivity contribution in [2.75, 3.05) is 13.0 Å². The molecule has 0 fully saturated rings. The Balaban J connectivity index is 2.97. The van der Waals surface area contributed by atoms with Gasteiger partial charge in [-0.3, -0.25) is 10.1 Å². The molecule has 0 spiro atoms. The first-order valence-corrected chi connectivity index (χ1v) is 5.27. The van der Waals surface area contributed by atoms with Crippen molar-refractivity contribution in [3.05, 3.63) is 40.0 Å². The van der Waals surface area contributed by atoms with E-state index in [0.29, 0.717) is 11.6 Å². The SMILES string of the molecule is COc1cc([N+](=O)[O-])ccc1C=CCCCl. The summed E-state index contributed by atoms with van der Waals surface area (Å²) >= 11 is 5.54. The topological polar surface area (TPSA) is 52.4 Å². The number of hydrogen-bond acceptors (Lipinski definition) is 3. The van der Waals surface area contributed by atoms with Gasteiger partial charge in [0.15, 0.2) is 0 Å². The monoisotopic (exact) mass is 241 g/mol. The van der Waals surface area contributed by atoms with Crippen molar-refractivity contribution in [2.24, 2.45) is 0 Å². The second-order valence-corrected chi connectivity index (χ2v) is 3.44. The van der Waals surface area contributed by atoms with Crippen molar-refractivity contribution in [2.45, 2.75) is 6.42 Å². The van der Waals surface area contributed by atoms with E-state index >= 15 is 0 Å². The lowest BCUT2D eigenvalue weighted by molar-refractivity contribution is -0.384. The van der Waals surface area contributed by atoms with E-state index in [1.165, 1.54) is 19.2 Å². The van der Waals surface area contributed by atoms with E-state index in [1.807, 2.05) is 12.2 Å². The van der Waals surface area contributed by atoms with Gasteiger partial charge in [0, 0.05) is 17.5 Å². The summed E-state index contributed by atoms with van der Waals surface area (Å²) in [5.74, 6) is 1.03. The molecule has 1 aromatic carbocycles. The van der Waals surface area contributed by atoms with Gasteiger partial charge < -0.3 is 4.74 Å². The molecule has 0 N–H and O–H groups in total. The highest BCUT2D eigenvalue weighted by atomic mass is 35.5. The van der Waals surface area contributed by atoms with Crippen LogP contribution in [0.3, 0.4) is 0 Å². The van der Waals surface area contributed by atoms with Gasteiger partial charge in [0.2, 0.25) is 0 Å². The van der Waals surface area contributed by atoms with E-state index in [1.54, 1.807) is 6.07 Å². The molecule has 0 radical (unpaired) electrons. The van der Waals surface area contributed by atoms with Crippen LogP contribution in [0, 0.1) is 10.1 Å². The van der Waals surface area contributed by atoms with Crippen LogP contribution >= 0.6 is 11.6 Å². The van der Waals surface area contributed by atoms with E-state index < -0.39 is 4.92 Å². The van der Waals surface area contributed by atoms with Gasteiger partial charge in [-0.2, -0.15) is 0 Å². The van der Waals surface area contributed by atoms with Gasteiger partial charge in [0.1, 0.15) is 5.75 Å². The van der Waals surface area contributed by atoms with Gasteiger partial charge in [-0.1, -0.05) is 12.2 Å². The molecule has 0 aliphatic heterocycles. The van der Waals surface area contributed by atoms with E-state index in [-0.39, 0.29) is 5.69 Å². The van der Waals surface area contributed by atoms with Crippen LogP contribution < -0.4 is 4.74 Å². The minimum atomic E-state index is -0.450. The molecule has 1 rings (SSSR count). The summed E-state index contributed by atoms with van der Waals surface area (Å²) in [4.78, 5) is 10.1. The summed E-state index contributed by atoms with van der Waals surface area (Å²) in [7, 11) is 1.48.